The van der Waals surface area contributed by atoms with Crippen molar-refractivity contribution >= 4 is 11.8 Å². The number of aryl methyl sites for hydroxylation is 1. The molecule has 2 unspecified atom stereocenters. The van der Waals surface area contributed by atoms with Crippen LogP contribution in [0.15, 0.2) is 54.7 Å². The van der Waals surface area contributed by atoms with Gasteiger partial charge >= 0.3 is 0 Å². The molecule has 0 radical (unpaired) electrons. The highest BCUT2D eigenvalue weighted by molar-refractivity contribution is 5.92. The van der Waals surface area contributed by atoms with Crippen molar-refractivity contribution in [1.29, 1.82) is 0 Å². The molecule has 1 aliphatic carbocycles. The third-order valence-electron chi connectivity index (χ3n) is 4.42. The molecule has 1 heterocycles. The number of pyridine rings is 1. The first-order valence-electron chi connectivity index (χ1n) is 8.73. The molecular weight excluding hydrogens is 314 g/mol. The Kier molecular flexibility index (Phi) is 5.77. The molecular formula is C20H23N3O2. The van der Waals surface area contributed by atoms with E-state index in [-0.39, 0.29) is 23.7 Å². The third-order valence-corrected chi connectivity index (χ3v) is 4.42. The summed E-state index contributed by atoms with van der Waals surface area (Å²) in [7, 11) is 0. The van der Waals surface area contributed by atoms with Crippen LogP contribution < -0.4 is 10.6 Å². The van der Waals surface area contributed by atoms with Crippen molar-refractivity contribution in [2.45, 2.75) is 25.8 Å². The molecule has 0 aliphatic heterocycles. The molecule has 3 rings (SSSR count). The van der Waals surface area contributed by atoms with E-state index in [0.29, 0.717) is 19.5 Å². The fraction of sp³-hybridized carbons (Fsp3) is 0.350. The number of carbonyl (C=O) groups excluding carboxylic acids is 2. The van der Waals surface area contributed by atoms with Gasteiger partial charge in [0.2, 0.25) is 11.8 Å². The third kappa shape index (κ3) is 5.14. The lowest BCUT2D eigenvalue weighted by Gasteiger charge is -2.06. The first-order chi connectivity index (χ1) is 12.2. The van der Waals surface area contributed by atoms with Crippen LogP contribution in [-0.2, 0) is 22.6 Å². The lowest BCUT2D eigenvalue weighted by Crippen LogP contribution is -2.30. The van der Waals surface area contributed by atoms with Gasteiger partial charge in [0.05, 0.1) is 24.1 Å². The summed E-state index contributed by atoms with van der Waals surface area (Å²) in [5, 5.41) is 5.80. The first-order valence-corrected chi connectivity index (χ1v) is 8.73. The van der Waals surface area contributed by atoms with Gasteiger partial charge in [-0.1, -0.05) is 36.4 Å². The van der Waals surface area contributed by atoms with Gasteiger partial charge in [-0.05, 0) is 37.0 Å². The minimum Gasteiger partial charge on any atom is -0.356 e. The smallest absolute Gasteiger partial charge is 0.224 e. The first kappa shape index (κ1) is 17.1. The van der Waals surface area contributed by atoms with Crippen molar-refractivity contribution < 1.29 is 9.59 Å². The number of carbonyl (C=O) groups is 2. The Labute approximate surface area is 147 Å². The Bertz CT molecular complexity index is 703. The number of benzene rings is 1. The summed E-state index contributed by atoms with van der Waals surface area (Å²) in [5.41, 5.74) is 2.09. The van der Waals surface area contributed by atoms with Crippen molar-refractivity contribution in [1.82, 2.24) is 15.6 Å². The molecule has 0 bridgehead atoms. The van der Waals surface area contributed by atoms with E-state index in [1.807, 2.05) is 36.4 Å². The van der Waals surface area contributed by atoms with Crippen molar-refractivity contribution in [3.8, 4) is 0 Å². The van der Waals surface area contributed by atoms with Gasteiger partial charge in [0.1, 0.15) is 0 Å². The van der Waals surface area contributed by atoms with Crippen LogP contribution in [0.1, 0.15) is 24.1 Å². The maximum atomic E-state index is 12.1. The molecule has 2 aromatic rings. The lowest BCUT2D eigenvalue weighted by molar-refractivity contribution is -0.127. The van der Waals surface area contributed by atoms with Gasteiger partial charge < -0.3 is 10.6 Å². The van der Waals surface area contributed by atoms with Gasteiger partial charge in [-0.2, -0.15) is 0 Å². The van der Waals surface area contributed by atoms with Crippen LogP contribution in [0.3, 0.4) is 0 Å². The van der Waals surface area contributed by atoms with E-state index in [1.54, 1.807) is 6.20 Å². The largest absolute Gasteiger partial charge is 0.356 e. The highest BCUT2D eigenvalue weighted by atomic mass is 16.2. The van der Waals surface area contributed by atoms with Crippen molar-refractivity contribution in [2.24, 2.45) is 11.8 Å². The summed E-state index contributed by atoms with van der Waals surface area (Å²) in [6.45, 7) is 1.05. The summed E-state index contributed by atoms with van der Waals surface area (Å²) >= 11 is 0. The predicted octanol–water partition coefficient (Wildman–Crippen LogP) is 2.08. The van der Waals surface area contributed by atoms with Gasteiger partial charge in [0.15, 0.2) is 0 Å². The molecule has 5 nitrogen and oxygen atoms in total. The average Bonchev–Trinajstić information content (AvgIpc) is 3.46. The van der Waals surface area contributed by atoms with Crippen molar-refractivity contribution in [3.05, 3.63) is 66.0 Å². The fourth-order valence-electron chi connectivity index (χ4n) is 2.87. The van der Waals surface area contributed by atoms with E-state index < -0.39 is 0 Å². The Balaban J connectivity index is 1.32. The lowest BCUT2D eigenvalue weighted by atomic mass is 10.1. The quantitative estimate of drug-likeness (QED) is 0.725. The molecule has 5 heteroatoms. The van der Waals surface area contributed by atoms with E-state index in [0.717, 1.165) is 18.5 Å². The summed E-state index contributed by atoms with van der Waals surface area (Å²) in [4.78, 5) is 28.4. The van der Waals surface area contributed by atoms with E-state index in [2.05, 4.69) is 27.8 Å². The molecule has 1 aliphatic rings. The van der Waals surface area contributed by atoms with Gasteiger partial charge in [0.25, 0.3) is 0 Å². The molecule has 130 valence electrons. The van der Waals surface area contributed by atoms with Crippen molar-refractivity contribution in [3.63, 3.8) is 0 Å². The Morgan fingerprint density at radius 3 is 2.40 bits per heavy atom. The molecule has 2 amide bonds. The number of amides is 2. The summed E-state index contributed by atoms with van der Waals surface area (Å²) < 4.78 is 0. The van der Waals surface area contributed by atoms with Crippen LogP contribution >= 0.6 is 0 Å². The molecule has 1 fully saturated rings. The number of nitrogens with one attached hydrogen (secondary N) is 2. The number of nitrogens with zero attached hydrogens (tertiary/aromatic N) is 1. The molecule has 1 aromatic heterocycles. The van der Waals surface area contributed by atoms with Crippen LogP contribution in [0.25, 0.3) is 0 Å². The second-order valence-electron chi connectivity index (χ2n) is 6.37. The van der Waals surface area contributed by atoms with Crippen LogP contribution in [0.4, 0.5) is 0 Å². The molecule has 1 aromatic carbocycles. The van der Waals surface area contributed by atoms with E-state index >= 15 is 0 Å². The van der Waals surface area contributed by atoms with Crippen LogP contribution in [0.2, 0.25) is 0 Å². The second-order valence-corrected chi connectivity index (χ2v) is 6.37. The van der Waals surface area contributed by atoms with Gasteiger partial charge in [-0.25, -0.2) is 0 Å². The maximum absolute atomic E-state index is 12.1. The summed E-state index contributed by atoms with van der Waals surface area (Å²) in [5.74, 6) is -0.445. The van der Waals surface area contributed by atoms with Crippen LogP contribution in [-0.4, -0.2) is 23.3 Å². The zero-order valence-electron chi connectivity index (χ0n) is 14.2. The van der Waals surface area contributed by atoms with E-state index in [4.69, 9.17) is 0 Å². The second kappa shape index (κ2) is 8.42. The number of rotatable bonds is 8. The van der Waals surface area contributed by atoms with Gasteiger partial charge in [-0.15, -0.1) is 0 Å². The predicted molar refractivity (Wildman–Crippen MR) is 95.5 cm³/mol. The monoisotopic (exact) mass is 337 g/mol. The normalized spacial score (nSPS) is 18.4. The highest BCUT2D eigenvalue weighted by Gasteiger charge is 2.47. The highest BCUT2D eigenvalue weighted by Crippen LogP contribution is 2.38. The SMILES string of the molecule is O=C(NCCCc1ccccc1)C1CC1C(=O)NCc1ccccn1. The standard InChI is InChI=1S/C20H23N3O2/c24-19(22-12-6-9-15-7-2-1-3-8-15)17-13-18(17)20(25)23-14-16-10-4-5-11-21-16/h1-5,7-8,10-11,17-18H,6,9,12-14H2,(H,22,24)(H,23,25). The van der Waals surface area contributed by atoms with Gasteiger partial charge in [0, 0.05) is 12.7 Å². The summed E-state index contributed by atoms with van der Waals surface area (Å²) in [6, 6.07) is 15.8. The molecule has 0 saturated heterocycles. The Morgan fingerprint density at radius 1 is 0.960 bits per heavy atom. The van der Waals surface area contributed by atoms with E-state index in [1.165, 1.54) is 5.56 Å². The molecule has 1 saturated carbocycles. The van der Waals surface area contributed by atoms with Crippen LogP contribution in [0.5, 0.6) is 0 Å². The Morgan fingerprint density at radius 2 is 1.68 bits per heavy atom. The molecule has 2 N–H and O–H groups in total. The van der Waals surface area contributed by atoms with Crippen molar-refractivity contribution in [2.75, 3.05) is 6.54 Å². The average molecular weight is 337 g/mol. The van der Waals surface area contributed by atoms with E-state index in [9.17, 15) is 9.59 Å². The molecule has 0 spiro atoms. The zero-order valence-corrected chi connectivity index (χ0v) is 14.2. The number of hydrogen-bond donors (Lipinski definition) is 2. The Hall–Kier alpha value is -2.69. The minimum absolute atomic E-state index is 0.00829. The fourth-order valence-corrected chi connectivity index (χ4v) is 2.87. The molecule has 2 atom stereocenters. The maximum Gasteiger partial charge on any atom is 0.224 e. The number of aromatic nitrogens is 1. The number of hydrogen-bond acceptors (Lipinski definition) is 3. The van der Waals surface area contributed by atoms with Gasteiger partial charge in [-0.3, -0.25) is 14.6 Å². The molecule has 25 heavy (non-hydrogen) atoms. The van der Waals surface area contributed by atoms with Crippen LogP contribution in [0, 0.1) is 11.8 Å². The summed E-state index contributed by atoms with van der Waals surface area (Å²) in [6.07, 6.45) is 4.18. The topological polar surface area (TPSA) is 71.1 Å². The minimum atomic E-state index is -0.196. The zero-order chi connectivity index (χ0) is 17.5.